The zero-order chi connectivity index (χ0) is 28.7. The number of unbranched alkanes of at least 4 members (excludes halogenated alkanes) is 1. The van der Waals surface area contributed by atoms with Crippen LogP contribution in [0.1, 0.15) is 51.0 Å². The number of nitrogens with one attached hydrogen (secondary N) is 3. The van der Waals surface area contributed by atoms with Crippen LogP contribution in [0.15, 0.2) is 24.3 Å². The summed E-state index contributed by atoms with van der Waals surface area (Å²) in [6, 6.07) is 4.22. The fraction of sp³-hybridized carbons (Fsp3) is 0.520. The molecule has 38 heavy (non-hydrogen) atoms. The number of carbonyl (C=O) groups is 6. The van der Waals surface area contributed by atoms with E-state index in [1.165, 1.54) is 11.8 Å². The van der Waals surface area contributed by atoms with E-state index in [1.807, 2.05) is 24.3 Å². The van der Waals surface area contributed by atoms with E-state index in [0.29, 0.717) is 19.4 Å². The van der Waals surface area contributed by atoms with Crippen LogP contribution >= 0.6 is 0 Å². The maximum absolute atomic E-state index is 12.3. The monoisotopic (exact) mass is 730 g/mol. The van der Waals surface area contributed by atoms with E-state index in [4.69, 9.17) is 5.11 Å². The first-order chi connectivity index (χ1) is 17.9. The van der Waals surface area contributed by atoms with Crippen molar-refractivity contribution in [2.24, 2.45) is 0 Å². The van der Waals surface area contributed by atoms with E-state index >= 15 is 0 Å². The van der Waals surface area contributed by atoms with Crippen LogP contribution in [0.25, 0.3) is 0 Å². The Labute approximate surface area is 236 Å². The maximum atomic E-state index is 12.3. The molecule has 0 unspecified atom stereocenters. The van der Waals surface area contributed by atoms with Gasteiger partial charge in [-0.1, -0.05) is 0 Å². The average molecular weight is 731 g/mol. The van der Waals surface area contributed by atoms with Crippen LogP contribution < -0.4 is 19.2 Å². The Morgan fingerprint density at radius 3 is 2.03 bits per heavy atom. The molecule has 4 amide bonds. The van der Waals surface area contributed by atoms with Gasteiger partial charge in [-0.05, 0) is 32.6 Å². The van der Waals surface area contributed by atoms with Gasteiger partial charge in [0.2, 0.25) is 0 Å². The zero-order valence-corrected chi connectivity index (χ0v) is 24.4. The number of urea groups is 1. The van der Waals surface area contributed by atoms with Gasteiger partial charge in [-0.15, -0.1) is 0 Å². The molecule has 0 aromatic heterocycles. The van der Waals surface area contributed by atoms with Gasteiger partial charge in [-0.25, -0.2) is 14.4 Å². The number of nitrogens with zero attached hydrogens (tertiary/aromatic N) is 1. The van der Waals surface area contributed by atoms with Crippen molar-refractivity contribution in [3.05, 3.63) is 29.8 Å². The first-order valence-corrected chi connectivity index (χ1v) is 13.6. The van der Waals surface area contributed by atoms with Crippen LogP contribution in [0.2, 0.25) is 0 Å². The zero-order valence-electron chi connectivity index (χ0n) is 21.5. The largest absolute Gasteiger partial charge is 0.480 e. The number of aliphatic carboxylic acids is 2. The van der Waals surface area contributed by atoms with Crippen molar-refractivity contribution in [2.75, 3.05) is 20.1 Å². The molecule has 0 aliphatic rings. The van der Waals surface area contributed by atoms with Crippen molar-refractivity contribution in [3.63, 3.8) is 0 Å². The average Bonchev–Trinajstić information content (AvgIpc) is 2.84. The van der Waals surface area contributed by atoms with E-state index in [-0.39, 0.29) is 56.2 Å². The SMILES string of the molecule is CC(=O)CC[C@H](NC(=O)N[C@@H](CCCCNC(=O)CCN(C)C(=O)Cc1ccc([211At])cc1)C(=O)O)C(=O)O. The molecule has 0 fully saturated rings. The topological polar surface area (TPSA) is 182 Å². The van der Waals surface area contributed by atoms with Gasteiger partial charge in [-0.3, -0.25) is 0 Å². The summed E-state index contributed by atoms with van der Waals surface area (Å²) in [5.74, 6) is -3.16. The molecule has 1 aromatic carbocycles. The van der Waals surface area contributed by atoms with Crippen LogP contribution in [-0.4, -0.2) is 82.9 Å². The quantitative estimate of drug-likeness (QED) is 0.140. The number of Topliss-reactive ketones (excluding diaryl/α,β-unsaturated/α-hetero) is 1. The fourth-order valence-electron chi connectivity index (χ4n) is 3.32. The summed E-state index contributed by atoms with van der Waals surface area (Å²) >= 11 is 1.56. The van der Waals surface area contributed by atoms with Crippen LogP contribution in [0.5, 0.6) is 0 Å². The number of likely N-dealkylation sites (N-methyl/N-ethyl adjacent to an activating group) is 1. The molecule has 0 radical (unpaired) electrons. The summed E-state index contributed by atoms with van der Waals surface area (Å²) in [5.41, 5.74) is 0.910. The van der Waals surface area contributed by atoms with E-state index in [2.05, 4.69) is 16.0 Å². The van der Waals surface area contributed by atoms with Crippen molar-refractivity contribution < 1.29 is 63.7 Å². The molecular formula is C25H35AtN4O8. The van der Waals surface area contributed by atoms with E-state index in [9.17, 15) is 33.9 Å². The second-order valence-electron chi connectivity index (χ2n) is 8.85. The van der Waals surface area contributed by atoms with Gasteiger partial charge in [0.15, 0.2) is 0 Å². The summed E-state index contributed by atoms with van der Waals surface area (Å²) in [6.07, 6.45) is 1.15. The molecule has 210 valence electrons. The van der Waals surface area contributed by atoms with Crippen molar-refractivity contribution in [1.82, 2.24) is 20.9 Å². The molecule has 0 heterocycles. The maximum Gasteiger partial charge on any atom is 0.326 e. The van der Waals surface area contributed by atoms with Gasteiger partial charge >= 0.3 is 140 Å². The molecule has 0 aliphatic heterocycles. The standard InChI is InChI=1S/C25H35AtN4O8/c1-16(31)6-11-20(24(36)37)29-25(38)28-19(23(34)35)5-3-4-13-27-21(32)12-14-30(2)22(33)15-17-7-9-18(26)10-8-17/h7-10,19-20H,3-6,11-15H2,1-2H3,(H,27,32)(H,34,35)(H,36,37)(H2,28,29,38)/t19-,20-/m0/s1/i26+1. The Morgan fingerprint density at radius 2 is 1.47 bits per heavy atom. The van der Waals surface area contributed by atoms with Gasteiger partial charge in [0, 0.05) is 6.42 Å². The number of carboxylic acids is 2. The predicted molar refractivity (Wildman–Crippen MR) is 133 cm³/mol. The Balaban J connectivity index is 2.31. The van der Waals surface area contributed by atoms with Crippen molar-refractivity contribution in [1.29, 1.82) is 0 Å². The minimum atomic E-state index is -1.33. The van der Waals surface area contributed by atoms with Crippen LogP contribution in [0.4, 0.5) is 4.79 Å². The van der Waals surface area contributed by atoms with Gasteiger partial charge < -0.3 is 25.6 Å². The first kappa shape index (κ1) is 33.0. The number of carbonyl (C=O) groups excluding carboxylic acids is 4. The Hall–Kier alpha value is -3.08. The fourth-order valence-corrected chi connectivity index (χ4v) is 3.81. The minimum absolute atomic E-state index is 0.0359. The van der Waals surface area contributed by atoms with Crippen molar-refractivity contribution in [2.45, 2.75) is 64.0 Å². The minimum Gasteiger partial charge on any atom is -0.480 e. The number of ketones is 1. The molecule has 1 aromatic rings. The third kappa shape index (κ3) is 14.0. The third-order valence-electron chi connectivity index (χ3n) is 5.60. The summed E-state index contributed by atoms with van der Waals surface area (Å²) in [5, 5.41) is 25.6. The molecule has 0 saturated heterocycles. The van der Waals surface area contributed by atoms with E-state index in [1.54, 1.807) is 31.8 Å². The molecule has 0 spiro atoms. The van der Waals surface area contributed by atoms with Gasteiger partial charge in [0.1, 0.15) is 17.9 Å². The van der Waals surface area contributed by atoms with Gasteiger partial charge in [0.05, 0.1) is 0 Å². The normalized spacial score (nSPS) is 12.1. The molecule has 0 bridgehead atoms. The Morgan fingerprint density at radius 1 is 0.895 bits per heavy atom. The summed E-state index contributed by atoms with van der Waals surface area (Å²) in [4.78, 5) is 71.8. The number of hydrogen-bond acceptors (Lipinski definition) is 6. The van der Waals surface area contributed by atoms with E-state index in [0.717, 1.165) is 8.83 Å². The molecule has 0 saturated carbocycles. The summed E-state index contributed by atoms with van der Waals surface area (Å²) in [6.45, 7) is 1.87. The number of carboxylic acid groups (broad SMARTS) is 2. The smallest absolute Gasteiger partial charge is 0.326 e. The molecule has 13 heteroatoms. The molecule has 1 rings (SSSR count). The first-order valence-electron chi connectivity index (χ1n) is 12.2. The second kappa shape index (κ2) is 17.4. The van der Waals surface area contributed by atoms with E-state index < -0.39 is 30.1 Å². The number of amides is 4. The van der Waals surface area contributed by atoms with Crippen LogP contribution in [-0.2, 0) is 30.4 Å². The predicted octanol–water partition coefficient (Wildman–Crippen LogP) is 0.114. The molecule has 5 N–H and O–H groups in total. The number of hydrogen-bond donors (Lipinski definition) is 5. The van der Waals surface area contributed by atoms with Crippen LogP contribution in [0.3, 0.4) is 0 Å². The Bertz CT molecular complexity index is 986. The third-order valence-corrected chi connectivity index (χ3v) is 6.58. The summed E-state index contributed by atoms with van der Waals surface area (Å²) in [7, 11) is 1.64. The number of benzene rings is 1. The Kier molecular flexibility index (Phi) is 15.1. The van der Waals surface area contributed by atoms with Crippen molar-refractivity contribution >= 4 is 38.8 Å². The molecular weight excluding hydrogens is 695 g/mol. The second-order valence-corrected chi connectivity index (χ2v) is 10.6. The molecule has 12 nitrogen and oxygen atoms in total. The number of rotatable bonds is 17. The molecule has 0 aliphatic carbocycles. The molecule has 2 atom stereocenters. The van der Waals surface area contributed by atoms with Gasteiger partial charge in [-0.2, -0.15) is 0 Å². The van der Waals surface area contributed by atoms with Gasteiger partial charge in [0.25, 0.3) is 0 Å². The summed E-state index contributed by atoms with van der Waals surface area (Å²) < 4.78 is 1.16. The van der Waals surface area contributed by atoms with Crippen molar-refractivity contribution in [3.8, 4) is 0 Å². The van der Waals surface area contributed by atoms with Crippen LogP contribution in [0, 0.1) is 24.7 Å².